The lowest BCUT2D eigenvalue weighted by Gasteiger charge is -2.27. The molecule has 1 aliphatic rings. The molecule has 0 unspecified atom stereocenters. The van der Waals surface area contributed by atoms with Crippen LogP contribution < -0.4 is 5.32 Å². The zero-order chi connectivity index (χ0) is 17.4. The van der Waals surface area contributed by atoms with Crippen LogP contribution in [0.5, 0.6) is 0 Å². The molecule has 0 heterocycles. The van der Waals surface area contributed by atoms with Gasteiger partial charge in [0.25, 0.3) is 0 Å². The maximum Gasteiger partial charge on any atom is 0.503 e. The van der Waals surface area contributed by atoms with Crippen LogP contribution in [-0.2, 0) is 11.2 Å². The van der Waals surface area contributed by atoms with Crippen LogP contribution in [0.15, 0.2) is 18.2 Å². The normalized spacial score (nSPS) is 20.1. The van der Waals surface area contributed by atoms with Crippen molar-refractivity contribution in [3.63, 3.8) is 0 Å². The fraction of sp³-hybridized carbons (Fsp3) is 0.529. The maximum atomic E-state index is 12.0. The molecule has 1 fully saturated rings. The zero-order valence-electron chi connectivity index (χ0n) is 13.5. The van der Waals surface area contributed by atoms with Crippen LogP contribution >= 0.6 is 11.6 Å². The van der Waals surface area contributed by atoms with Gasteiger partial charge in [-0.25, -0.2) is 4.79 Å². The molecule has 2 rings (SSSR count). The van der Waals surface area contributed by atoms with Crippen LogP contribution in [0.25, 0.3) is 0 Å². The minimum atomic E-state index is -1.83. The van der Waals surface area contributed by atoms with Crippen LogP contribution in [-0.4, -0.2) is 28.3 Å². The third-order valence-corrected chi connectivity index (χ3v) is 4.29. The molecule has 1 saturated carbocycles. The van der Waals surface area contributed by atoms with E-state index in [0.29, 0.717) is 17.5 Å². The molecule has 0 atom stereocenters. The summed E-state index contributed by atoms with van der Waals surface area (Å²) in [6.07, 6.45) is 3.20. The third-order valence-electron chi connectivity index (χ3n) is 3.94. The Morgan fingerprint density at radius 3 is 2.30 bits per heavy atom. The van der Waals surface area contributed by atoms with Crippen LogP contribution in [0.2, 0.25) is 5.02 Å². The number of aryl methyl sites for hydroxylation is 1. The molecule has 0 bridgehead atoms. The summed E-state index contributed by atoms with van der Waals surface area (Å²) < 4.78 is 0. The molecule has 5 nitrogen and oxygen atoms in total. The number of halogens is 1. The van der Waals surface area contributed by atoms with Crippen molar-refractivity contribution in [3.8, 4) is 0 Å². The Morgan fingerprint density at radius 2 is 1.78 bits per heavy atom. The van der Waals surface area contributed by atoms with E-state index in [9.17, 15) is 4.79 Å². The van der Waals surface area contributed by atoms with Crippen molar-refractivity contribution in [2.75, 3.05) is 0 Å². The Kier molecular flexibility index (Phi) is 7.89. The molecule has 1 amide bonds. The summed E-state index contributed by atoms with van der Waals surface area (Å²) in [4.78, 5) is 20.6. The molecule has 0 radical (unpaired) electrons. The van der Waals surface area contributed by atoms with Gasteiger partial charge >= 0.3 is 6.16 Å². The number of hydrogen-bond acceptors (Lipinski definition) is 2. The first-order chi connectivity index (χ1) is 10.8. The van der Waals surface area contributed by atoms with Gasteiger partial charge in [-0.15, -0.1) is 0 Å². The van der Waals surface area contributed by atoms with E-state index >= 15 is 0 Å². The lowest BCUT2D eigenvalue weighted by atomic mass is 9.87. The van der Waals surface area contributed by atoms with Crippen molar-refractivity contribution in [2.24, 2.45) is 5.92 Å². The van der Waals surface area contributed by atoms with E-state index in [1.165, 1.54) is 12.8 Å². The smallest absolute Gasteiger partial charge is 0.450 e. The fourth-order valence-corrected chi connectivity index (χ4v) is 2.95. The highest BCUT2D eigenvalue weighted by Gasteiger charge is 2.20. The van der Waals surface area contributed by atoms with Gasteiger partial charge in [-0.05, 0) is 55.7 Å². The first-order valence-corrected chi connectivity index (χ1v) is 8.12. The van der Waals surface area contributed by atoms with Gasteiger partial charge in [0.15, 0.2) is 0 Å². The third kappa shape index (κ3) is 7.88. The van der Waals surface area contributed by atoms with Gasteiger partial charge in [-0.2, -0.15) is 0 Å². The highest BCUT2D eigenvalue weighted by Crippen LogP contribution is 2.24. The van der Waals surface area contributed by atoms with Gasteiger partial charge in [0.1, 0.15) is 0 Å². The number of carbonyl (C=O) groups excluding carboxylic acids is 1. The molecule has 0 spiro atoms. The number of hydrogen-bond donors (Lipinski definition) is 3. The predicted molar refractivity (Wildman–Crippen MR) is 90.1 cm³/mol. The van der Waals surface area contributed by atoms with Crippen molar-refractivity contribution in [2.45, 2.75) is 52.0 Å². The monoisotopic (exact) mass is 341 g/mol. The summed E-state index contributed by atoms with van der Waals surface area (Å²) in [5.74, 6) is 0.894. The number of benzene rings is 1. The van der Waals surface area contributed by atoms with E-state index in [1.54, 1.807) is 0 Å². The van der Waals surface area contributed by atoms with E-state index in [0.717, 1.165) is 29.9 Å². The summed E-state index contributed by atoms with van der Waals surface area (Å²) in [5, 5.41) is 17.8. The molecule has 1 aromatic rings. The van der Waals surface area contributed by atoms with Crippen molar-refractivity contribution in [3.05, 3.63) is 34.3 Å². The van der Waals surface area contributed by atoms with Gasteiger partial charge in [0.2, 0.25) is 5.91 Å². The second-order valence-corrected chi connectivity index (χ2v) is 6.49. The summed E-state index contributed by atoms with van der Waals surface area (Å²) in [5.41, 5.74) is 2.03. The Labute approximate surface area is 141 Å². The van der Waals surface area contributed by atoms with Crippen LogP contribution in [0.1, 0.15) is 43.7 Å². The van der Waals surface area contributed by atoms with E-state index in [4.69, 9.17) is 26.6 Å². The summed E-state index contributed by atoms with van der Waals surface area (Å²) in [6, 6.07) is 6.21. The van der Waals surface area contributed by atoms with Crippen LogP contribution in [0, 0.1) is 12.8 Å². The van der Waals surface area contributed by atoms with Gasteiger partial charge in [0, 0.05) is 11.1 Å². The van der Waals surface area contributed by atoms with Gasteiger partial charge < -0.3 is 15.5 Å². The average Bonchev–Trinajstić information content (AvgIpc) is 2.44. The Hall–Kier alpha value is -1.75. The molecule has 6 heteroatoms. The number of amides is 1. The molecule has 128 valence electrons. The Morgan fingerprint density at radius 1 is 1.22 bits per heavy atom. The molecular weight excluding hydrogens is 318 g/mol. The van der Waals surface area contributed by atoms with Crippen LogP contribution in [0.4, 0.5) is 4.79 Å². The van der Waals surface area contributed by atoms with Gasteiger partial charge in [-0.1, -0.05) is 30.7 Å². The Bertz CT molecular complexity index is 535. The Balaban J connectivity index is 0.000000593. The van der Waals surface area contributed by atoms with E-state index in [-0.39, 0.29) is 5.91 Å². The number of nitrogens with one attached hydrogen (secondary N) is 1. The molecule has 3 N–H and O–H groups in total. The first-order valence-electron chi connectivity index (χ1n) is 7.74. The molecular formula is C17H24ClNO4. The molecule has 1 aromatic carbocycles. The van der Waals surface area contributed by atoms with Crippen molar-refractivity contribution in [1.82, 2.24) is 5.32 Å². The van der Waals surface area contributed by atoms with E-state index in [2.05, 4.69) is 12.2 Å². The number of rotatable bonds is 3. The summed E-state index contributed by atoms with van der Waals surface area (Å²) in [7, 11) is 0. The van der Waals surface area contributed by atoms with Crippen molar-refractivity contribution in [1.29, 1.82) is 0 Å². The molecule has 0 aromatic heterocycles. The lowest BCUT2D eigenvalue weighted by molar-refractivity contribution is -0.121. The maximum absolute atomic E-state index is 12.0. The predicted octanol–water partition coefficient (Wildman–Crippen LogP) is 4.11. The van der Waals surface area contributed by atoms with Gasteiger partial charge in [0.05, 0.1) is 6.42 Å². The molecule has 1 aliphatic carbocycles. The fourth-order valence-electron chi connectivity index (χ4n) is 2.65. The highest BCUT2D eigenvalue weighted by molar-refractivity contribution is 6.31. The lowest BCUT2D eigenvalue weighted by Crippen LogP contribution is -2.38. The minimum Gasteiger partial charge on any atom is -0.450 e. The van der Waals surface area contributed by atoms with Crippen molar-refractivity contribution >= 4 is 23.7 Å². The largest absolute Gasteiger partial charge is 0.503 e. The average molecular weight is 342 g/mol. The number of carboxylic acid groups (broad SMARTS) is 2. The number of carbonyl (C=O) groups is 2. The second kappa shape index (κ2) is 9.40. The van der Waals surface area contributed by atoms with Crippen LogP contribution in [0.3, 0.4) is 0 Å². The van der Waals surface area contributed by atoms with E-state index < -0.39 is 6.16 Å². The SMILES string of the molecule is Cc1ccc(CC(=O)NC2CCC(C)CC2)c(Cl)c1.O=C(O)O. The van der Waals surface area contributed by atoms with E-state index in [1.807, 2.05) is 25.1 Å². The summed E-state index contributed by atoms with van der Waals surface area (Å²) >= 11 is 6.16. The molecule has 23 heavy (non-hydrogen) atoms. The standard InChI is InChI=1S/C16H22ClNO.CH2O3/c1-11-4-7-14(8-5-11)18-16(19)10-13-6-3-12(2)9-15(13)17;2-1(3)4/h3,6,9,11,14H,4-5,7-8,10H2,1-2H3,(H,18,19);(H2,2,3,4). The first kappa shape index (κ1) is 19.3. The summed E-state index contributed by atoms with van der Waals surface area (Å²) in [6.45, 7) is 4.28. The molecule has 0 saturated heterocycles. The minimum absolute atomic E-state index is 0.0882. The zero-order valence-corrected chi connectivity index (χ0v) is 14.3. The quantitative estimate of drug-likeness (QED) is 0.772. The van der Waals surface area contributed by atoms with Gasteiger partial charge in [-0.3, -0.25) is 4.79 Å². The highest BCUT2D eigenvalue weighted by atomic mass is 35.5. The topological polar surface area (TPSA) is 86.6 Å². The van der Waals surface area contributed by atoms with Crippen molar-refractivity contribution < 1.29 is 19.8 Å². The molecule has 0 aliphatic heterocycles. The second-order valence-electron chi connectivity index (χ2n) is 6.08.